The van der Waals surface area contributed by atoms with E-state index < -0.39 is 15.9 Å². The molecule has 6 heteroatoms. The fraction of sp³-hybridized carbons (Fsp3) is 0.133. The van der Waals surface area contributed by atoms with E-state index in [0.717, 1.165) is 5.56 Å². The number of carbonyl (C=O) groups excluding carboxylic acids is 1. The van der Waals surface area contributed by atoms with Crippen molar-refractivity contribution in [2.75, 3.05) is 0 Å². The van der Waals surface area contributed by atoms with Gasteiger partial charge < -0.3 is 0 Å². The van der Waals surface area contributed by atoms with Crippen LogP contribution >= 0.6 is 0 Å². The third-order valence-electron chi connectivity index (χ3n) is 2.97. The topological polar surface area (TPSA) is 75.3 Å². The SMILES string of the molecule is Cc1ccc(C)c(S(=O)(=O)NNC(=O)c2ccccc2)c1. The highest BCUT2D eigenvalue weighted by Crippen LogP contribution is 2.16. The number of carbonyl (C=O) groups is 1. The molecule has 2 aromatic carbocycles. The minimum Gasteiger partial charge on any atom is -0.273 e. The van der Waals surface area contributed by atoms with Crippen molar-refractivity contribution in [2.45, 2.75) is 18.7 Å². The molecular formula is C15H16N2O3S. The lowest BCUT2D eigenvalue weighted by Crippen LogP contribution is -2.41. The van der Waals surface area contributed by atoms with Crippen LogP contribution in [-0.2, 0) is 10.0 Å². The monoisotopic (exact) mass is 304 g/mol. The highest BCUT2D eigenvalue weighted by molar-refractivity contribution is 7.89. The molecule has 0 spiro atoms. The van der Waals surface area contributed by atoms with Gasteiger partial charge in [-0.1, -0.05) is 30.3 Å². The number of amides is 1. The number of hydrogen-bond donors (Lipinski definition) is 2. The Kier molecular flexibility index (Phi) is 4.40. The van der Waals surface area contributed by atoms with Crippen LogP contribution in [0.4, 0.5) is 0 Å². The zero-order valence-corrected chi connectivity index (χ0v) is 12.6. The lowest BCUT2D eigenvalue weighted by atomic mass is 10.2. The predicted octanol–water partition coefficient (Wildman–Crippen LogP) is 1.93. The number of nitrogens with one attached hydrogen (secondary N) is 2. The van der Waals surface area contributed by atoms with E-state index in [4.69, 9.17) is 0 Å². The third kappa shape index (κ3) is 3.68. The first kappa shape index (κ1) is 15.2. The van der Waals surface area contributed by atoms with Crippen molar-refractivity contribution in [3.05, 3.63) is 65.2 Å². The molecule has 0 bridgehead atoms. The molecule has 2 aromatic rings. The molecule has 0 heterocycles. The molecule has 0 aliphatic rings. The van der Waals surface area contributed by atoms with E-state index in [1.807, 2.05) is 6.07 Å². The van der Waals surface area contributed by atoms with Crippen LogP contribution < -0.4 is 10.3 Å². The van der Waals surface area contributed by atoms with E-state index in [1.165, 1.54) is 0 Å². The Balaban J connectivity index is 2.15. The van der Waals surface area contributed by atoms with Gasteiger partial charge >= 0.3 is 0 Å². The Labute approximate surface area is 124 Å². The Morgan fingerprint density at radius 1 is 1.00 bits per heavy atom. The molecule has 0 radical (unpaired) electrons. The van der Waals surface area contributed by atoms with E-state index in [2.05, 4.69) is 10.3 Å². The number of sulfonamides is 1. The summed E-state index contributed by atoms with van der Waals surface area (Å²) in [5, 5.41) is 0. The molecule has 1 amide bonds. The minimum absolute atomic E-state index is 0.149. The van der Waals surface area contributed by atoms with Crippen LogP contribution in [0.1, 0.15) is 21.5 Å². The van der Waals surface area contributed by atoms with Gasteiger partial charge in [-0.2, -0.15) is 0 Å². The van der Waals surface area contributed by atoms with Crippen LogP contribution in [0.15, 0.2) is 53.4 Å². The van der Waals surface area contributed by atoms with Crippen LogP contribution in [0.3, 0.4) is 0 Å². The average molecular weight is 304 g/mol. The molecular weight excluding hydrogens is 288 g/mol. The molecule has 0 fully saturated rings. The standard InChI is InChI=1S/C15H16N2O3S/c1-11-8-9-12(2)14(10-11)21(19,20)17-16-15(18)13-6-4-3-5-7-13/h3-10,17H,1-2H3,(H,16,18). The number of hydrogen-bond acceptors (Lipinski definition) is 3. The van der Waals surface area contributed by atoms with Crippen molar-refractivity contribution in [3.63, 3.8) is 0 Å². The zero-order chi connectivity index (χ0) is 15.5. The molecule has 0 aliphatic carbocycles. The van der Waals surface area contributed by atoms with Gasteiger partial charge in [0.1, 0.15) is 0 Å². The fourth-order valence-corrected chi connectivity index (χ4v) is 3.00. The number of benzene rings is 2. The van der Waals surface area contributed by atoms with Crippen LogP contribution in [0, 0.1) is 13.8 Å². The summed E-state index contributed by atoms with van der Waals surface area (Å²) < 4.78 is 24.4. The van der Waals surface area contributed by atoms with E-state index in [1.54, 1.807) is 56.3 Å². The van der Waals surface area contributed by atoms with Crippen molar-refractivity contribution in [3.8, 4) is 0 Å². The summed E-state index contributed by atoms with van der Waals surface area (Å²) in [6.07, 6.45) is 0. The van der Waals surface area contributed by atoms with Gasteiger partial charge in [-0.05, 0) is 43.2 Å². The smallest absolute Gasteiger partial charge is 0.266 e. The Morgan fingerprint density at radius 2 is 1.67 bits per heavy atom. The molecule has 110 valence electrons. The van der Waals surface area contributed by atoms with Gasteiger partial charge in [0.05, 0.1) is 4.90 Å². The van der Waals surface area contributed by atoms with E-state index in [9.17, 15) is 13.2 Å². The van der Waals surface area contributed by atoms with Gasteiger partial charge in [0.2, 0.25) is 0 Å². The molecule has 0 unspecified atom stereocenters. The molecule has 0 aromatic heterocycles. The Bertz CT molecular complexity index is 756. The van der Waals surface area contributed by atoms with Gasteiger partial charge in [0.25, 0.3) is 15.9 Å². The second-order valence-corrected chi connectivity index (χ2v) is 6.35. The molecule has 0 atom stereocenters. The maximum Gasteiger partial charge on any atom is 0.266 e. The van der Waals surface area contributed by atoms with Gasteiger partial charge in [-0.15, -0.1) is 4.83 Å². The average Bonchev–Trinajstić information content (AvgIpc) is 2.48. The molecule has 2 rings (SSSR count). The number of aryl methyl sites for hydroxylation is 2. The molecule has 2 N–H and O–H groups in total. The maximum absolute atomic E-state index is 12.2. The van der Waals surface area contributed by atoms with Crippen LogP contribution in [-0.4, -0.2) is 14.3 Å². The Hall–Kier alpha value is -2.18. The van der Waals surface area contributed by atoms with Crippen molar-refractivity contribution >= 4 is 15.9 Å². The van der Waals surface area contributed by atoms with Gasteiger partial charge in [0, 0.05) is 5.56 Å². The van der Waals surface area contributed by atoms with Crippen LogP contribution in [0.25, 0.3) is 0 Å². The second kappa shape index (κ2) is 6.07. The highest BCUT2D eigenvalue weighted by Gasteiger charge is 2.18. The molecule has 5 nitrogen and oxygen atoms in total. The predicted molar refractivity (Wildman–Crippen MR) is 80.1 cm³/mol. The number of hydrazine groups is 1. The summed E-state index contributed by atoms with van der Waals surface area (Å²) in [5.74, 6) is -0.510. The third-order valence-corrected chi connectivity index (χ3v) is 4.36. The Morgan fingerprint density at radius 3 is 2.33 bits per heavy atom. The largest absolute Gasteiger partial charge is 0.273 e. The van der Waals surface area contributed by atoms with Crippen molar-refractivity contribution in [2.24, 2.45) is 0 Å². The lowest BCUT2D eigenvalue weighted by molar-refractivity contribution is 0.0945. The fourth-order valence-electron chi connectivity index (χ4n) is 1.83. The normalized spacial score (nSPS) is 11.1. The van der Waals surface area contributed by atoms with Crippen molar-refractivity contribution in [1.29, 1.82) is 0 Å². The zero-order valence-electron chi connectivity index (χ0n) is 11.8. The summed E-state index contributed by atoms with van der Waals surface area (Å²) in [6.45, 7) is 3.51. The minimum atomic E-state index is -3.80. The molecule has 0 saturated carbocycles. The van der Waals surface area contributed by atoms with Crippen molar-refractivity contribution < 1.29 is 13.2 Å². The van der Waals surface area contributed by atoms with Gasteiger partial charge in [0.15, 0.2) is 0 Å². The summed E-state index contributed by atoms with van der Waals surface area (Å²) in [7, 11) is -3.80. The van der Waals surface area contributed by atoms with E-state index in [-0.39, 0.29) is 4.90 Å². The van der Waals surface area contributed by atoms with Crippen LogP contribution in [0.2, 0.25) is 0 Å². The first-order chi connectivity index (χ1) is 9.90. The first-order valence-corrected chi connectivity index (χ1v) is 7.83. The molecule has 0 saturated heterocycles. The maximum atomic E-state index is 12.2. The summed E-state index contributed by atoms with van der Waals surface area (Å²) in [4.78, 5) is 14.1. The quantitative estimate of drug-likeness (QED) is 0.848. The first-order valence-electron chi connectivity index (χ1n) is 6.34. The second-order valence-electron chi connectivity index (χ2n) is 4.69. The van der Waals surface area contributed by atoms with E-state index in [0.29, 0.717) is 11.1 Å². The van der Waals surface area contributed by atoms with Crippen LogP contribution in [0.5, 0.6) is 0 Å². The summed E-state index contributed by atoms with van der Waals surface area (Å²) in [5.41, 5.74) is 4.03. The summed E-state index contributed by atoms with van der Waals surface area (Å²) >= 11 is 0. The lowest BCUT2D eigenvalue weighted by Gasteiger charge is -2.11. The molecule has 21 heavy (non-hydrogen) atoms. The van der Waals surface area contributed by atoms with Gasteiger partial charge in [-0.3, -0.25) is 10.2 Å². The van der Waals surface area contributed by atoms with Crippen molar-refractivity contribution in [1.82, 2.24) is 10.3 Å². The summed E-state index contributed by atoms with van der Waals surface area (Å²) in [6, 6.07) is 13.5. The van der Waals surface area contributed by atoms with E-state index >= 15 is 0 Å². The molecule has 0 aliphatic heterocycles. The van der Waals surface area contributed by atoms with Gasteiger partial charge in [-0.25, -0.2) is 8.42 Å². The number of rotatable bonds is 4. The highest BCUT2D eigenvalue weighted by atomic mass is 32.2.